The van der Waals surface area contributed by atoms with Gasteiger partial charge in [0.15, 0.2) is 0 Å². The summed E-state index contributed by atoms with van der Waals surface area (Å²) in [5.74, 6) is 1.24. The van der Waals surface area contributed by atoms with Crippen LogP contribution in [0.5, 0.6) is 17.4 Å². The monoisotopic (exact) mass is 297 g/mol. The Kier molecular flexibility index (Phi) is 3.70. The van der Waals surface area contributed by atoms with E-state index in [4.69, 9.17) is 14.2 Å². The van der Waals surface area contributed by atoms with Crippen LogP contribution >= 0.6 is 0 Å². The van der Waals surface area contributed by atoms with Crippen molar-refractivity contribution in [2.24, 2.45) is 0 Å². The summed E-state index contributed by atoms with van der Waals surface area (Å²) in [4.78, 5) is 15.2. The first-order valence-corrected chi connectivity index (χ1v) is 6.74. The fraction of sp³-hybridized carbons (Fsp3) is 0.118. The molecule has 0 bridgehead atoms. The van der Waals surface area contributed by atoms with E-state index in [2.05, 4.69) is 4.98 Å². The van der Waals surface area contributed by atoms with Crippen LogP contribution in [0, 0.1) is 0 Å². The molecule has 1 heterocycles. The number of benzene rings is 2. The number of methoxy groups -OCH3 is 2. The minimum atomic E-state index is -0.444. The Labute approximate surface area is 127 Å². The summed E-state index contributed by atoms with van der Waals surface area (Å²) in [6.07, 6.45) is 0. The number of hydrogen-bond donors (Lipinski definition) is 1. The summed E-state index contributed by atoms with van der Waals surface area (Å²) in [6, 6.07) is 14.6. The van der Waals surface area contributed by atoms with Crippen molar-refractivity contribution >= 4 is 16.9 Å². The van der Waals surface area contributed by atoms with Crippen LogP contribution in [0.4, 0.5) is 0 Å². The van der Waals surface area contributed by atoms with Crippen molar-refractivity contribution in [3.8, 4) is 17.4 Å². The molecule has 0 spiro atoms. The Hall–Kier alpha value is -2.95. The van der Waals surface area contributed by atoms with Gasteiger partial charge in [-0.15, -0.1) is 0 Å². The lowest BCUT2D eigenvalue weighted by Crippen LogP contribution is -2.02. The maximum atomic E-state index is 12.1. The fourth-order valence-electron chi connectivity index (χ4n) is 2.26. The second-order valence-corrected chi connectivity index (χ2v) is 4.64. The van der Waals surface area contributed by atoms with Crippen molar-refractivity contribution < 1.29 is 19.0 Å². The first-order valence-electron chi connectivity index (χ1n) is 6.74. The summed E-state index contributed by atoms with van der Waals surface area (Å²) in [5, 5.41) is 0.762. The van der Waals surface area contributed by atoms with Crippen molar-refractivity contribution in [2.45, 2.75) is 0 Å². The summed E-state index contributed by atoms with van der Waals surface area (Å²) in [7, 11) is 2.95. The Bertz CT molecular complexity index is 805. The predicted molar refractivity (Wildman–Crippen MR) is 82.7 cm³/mol. The zero-order chi connectivity index (χ0) is 15.5. The first kappa shape index (κ1) is 14.0. The molecule has 22 heavy (non-hydrogen) atoms. The van der Waals surface area contributed by atoms with Crippen molar-refractivity contribution in [1.82, 2.24) is 4.98 Å². The van der Waals surface area contributed by atoms with Crippen LogP contribution in [0.2, 0.25) is 0 Å². The lowest BCUT2D eigenvalue weighted by atomic mass is 10.2. The molecular formula is C17H15NO4. The molecule has 0 atom stereocenters. The molecule has 0 aliphatic carbocycles. The molecule has 5 nitrogen and oxygen atoms in total. The maximum absolute atomic E-state index is 12.1. The van der Waals surface area contributed by atoms with Gasteiger partial charge in [-0.05, 0) is 30.3 Å². The van der Waals surface area contributed by atoms with Gasteiger partial charge in [-0.25, -0.2) is 4.79 Å². The van der Waals surface area contributed by atoms with E-state index < -0.39 is 5.97 Å². The Morgan fingerprint density at radius 2 is 1.64 bits per heavy atom. The van der Waals surface area contributed by atoms with Crippen LogP contribution in [-0.2, 0) is 4.74 Å². The van der Waals surface area contributed by atoms with E-state index in [1.165, 1.54) is 7.11 Å². The van der Waals surface area contributed by atoms with Gasteiger partial charge in [0.25, 0.3) is 0 Å². The number of rotatable bonds is 4. The molecule has 0 radical (unpaired) electrons. The van der Waals surface area contributed by atoms with Gasteiger partial charge in [-0.2, -0.15) is 0 Å². The predicted octanol–water partition coefficient (Wildman–Crippen LogP) is 3.76. The van der Waals surface area contributed by atoms with E-state index in [9.17, 15) is 4.79 Å². The highest BCUT2D eigenvalue weighted by Gasteiger charge is 2.20. The Balaban J connectivity index is 2.03. The van der Waals surface area contributed by atoms with E-state index in [0.717, 1.165) is 16.7 Å². The molecule has 3 aromatic rings. The zero-order valence-electron chi connectivity index (χ0n) is 12.3. The molecule has 112 valence electrons. The number of carbonyl (C=O) groups is 1. The van der Waals surface area contributed by atoms with Gasteiger partial charge < -0.3 is 19.2 Å². The normalized spacial score (nSPS) is 10.5. The maximum Gasteiger partial charge on any atom is 0.344 e. The highest BCUT2D eigenvalue weighted by atomic mass is 16.5. The number of para-hydroxylation sites is 1. The topological polar surface area (TPSA) is 60.6 Å². The summed E-state index contributed by atoms with van der Waals surface area (Å²) < 4.78 is 15.8. The summed E-state index contributed by atoms with van der Waals surface area (Å²) >= 11 is 0. The molecule has 5 heteroatoms. The quantitative estimate of drug-likeness (QED) is 0.745. The van der Waals surface area contributed by atoms with Crippen molar-refractivity contribution in [2.75, 3.05) is 14.2 Å². The minimum Gasteiger partial charge on any atom is -0.497 e. The third kappa shape index (κ3) is 2.48. The molecule has 0 unspecified atom stereocenters. The van der Waals surface area contributed by atoms with Crippen molar-refractivity contribution in [3.63, 3.8) is 0 Å². The molecule has 0 saturated heterocycles. The number of hydrogen-bond acceptors (Lipinski definition) is 4. The van der Waals surface area contributed by atoms with Crippen LogP contribution in [0.1, 0.15) is 10.4 Å². The van der Waals surface area contributed by atoms with E-state index >= 15 is 0 Å². The van der Waals surface area contributed by atoms with E-state index in [-0.39, 0.29) is 0 Å². The van der Waals surface area contributed by atoms with E-state index in [1.807, 2.05) is 24.3 Å². The van der Waals surface area contributed by atoms with E-state index in [0.29, 0.717) is 17.2 Å². The second-order valence-electron chi connectivity index (χ2n) is 4.64. The third-order valence-electron chi connectivity index (χ3n) is 3.34. The number of carbonyl (C=O) groups excluding carboxylic acids is 1. The number of aromatic amines is 1. The Morgan fingerprint density at radius 3 is 2.32 bits per heavy atom. The standard InChI is InChI=1S/C17H15NO4/c1-20-11-7-9-12(10-8-11)22-16-15(17(19)21-2)13-5-3-4-6-14(13)18-16/h3-10,18H,1-2H3. The second kappa shape index (κ2) is 5.81. The Morgan fingerprint density at radius 1 is 0.955 bits per heavy atom. The number of esters is 1. The lowest BCUT2D eigenvalue weighted by Gasteiger charge is -2.06. The van der Waals surface area contributed by atoms with E-state index in [1.54, 1.807) is 31.4 Å². The van der Waals surface area contributed by atoms with Crippen LogP contribution in [0.15, 0.2) is 48.5 Å². The molecule has 1 N–H and O–H groups in total. The van der Waals surface area contributed by atoms with Crippen molar-refractivity contribution in [3.05, 3.63) is 54.1 Å². The molecule has 0 amide bonds. The summed E-state index contributed by atoms with van der Waals surface area (Å²) in [5.41, 5.74) is 1.19. The van der Waals surface area contributed by atoms with Crippen LogP contribution < -0.4 is 9.47 Å². The average molecular weight is 297 g/mol. The van der Waals surface area contributed by atoms with Gasteiger partial charge in [-0.3, -0.25) is 0 Å². The first-order chi connectivity index (χ1) is 10.7. The zero-order valence-corrected chi connectivity index (χ0v) is 12.3. The van der Waals surface area contributed by atoms with Gasteiger partial charge in [0, 0.05) is 10.9 Å². The third-order valence-corrected chi connectivity index (χ3v) is 3.34. The lowest BCUT2D eigenvalue weighted by molar-refractivity contribution is 0.0600. The van der Waals surface area contributed by atoms with Crippen LogP contribution in [0.25, 0.3) is 10.9 Å². The molecule has 0 aliphatic rings. The highest BCUT2D eigenvalue weighted by molar-refractivity contribution is 6.06. The van der Waals surface area contributed by atoms with Gasteiger partial charge >= 0.3 is 5.97 Å². The average Bonchev–Trinajstić information content (AvgIpc) is 2.92. The van der Waals surface area contributed by atoms with Gasteiger partial charge in [0.2, 0.25) is 5.88 Å². The van der Waals surface area contributed by atoms with Gasteiger partial charge in [0.05, 0.1) is 14.2 Å². The molecule has 0 aliphatic heterocycles. The minimum absolute atomic E-state index is 0.359. The number of ether oxygens (including phenoxy) is 3. The largest absolute Gasteiger partial charge is 0.497 e. The highest BCUT2D eigenvalue weighted by Crippen LogP contribution is 2.32. The van der Waals surface area contributed by atoms with Crippen LogP contribution in [0.3, 0.4) is 0 Å². The molecule has 3 rings (SSSR count). The summed E-state index contributed by atoms with van der Waals surface area (Å²) in [6.45, 7) is 0. The van der Waals surface area contributed by atoms with Crippen molar-refractivity contribution in [1.29, 1.82) is 0 Å². The number of nitrogens with one attached hydrogen (secondary N) is 1. The molecule has 2 aromatic carbocycles. The molecule has 0 fully saturated rings. The molecule has 0 saturated carbocycles. The smallest absolute Gasteiger partial charge is 0.344 e. The fourth-order valence-corrected chi connectivity index (χ4v) is 2.26. The number of H-pyrrole nitrogens is 1. The van der Waals surface area contributed by atoms with Crippen LogP contribution in [-0.4, -0.2) is 25.2 Å². The van der Waals surface area contributed by atoms with Gasteiger partial charge in [-0.1, -0.05) is 18.2 Å². The molecular weight excluding hydrogens is 282 g/mol. The molecule has 1 aromatic heterocycles. The SMILES string of the molecule is COC(=O)c1c(Oc2ccc(OC)cc2)[nH]c2ccccc12. The van der Waals surface area contributed by atoms with Gasteiger partial charge in [0.1, 0.15) is 17.1 Å². The number of fused-ring (bicyclic) bond motifs is 1. The number of aromatic nitrogens is 1.